The average Bonchev–Trinajstić information content (AvgIpc) is 3.39. The number of carbonyl (C=O) groups excluding carboxylic acids is 1. The van der Waals surface area contributed by atoms with Gasteiger partial charge in [0.15, 0.2) is 20.8 Å². The fraction of sp³-hybridized carbons (Fsp3) is 0.571. The van der Waals surface area contributed by atoms with E-state index in [2.05, 4.69) is 10.2 Å². The summed E-state index contributed by atoms with van der Waals surface area (Å²) in [5.74, 6) is 0.338. The summed E-state index contributed by atoms with van der Waals surface area (Å²) in [6, 6.07) is 6.39. The Bertz CT molecular complexity index is 1070. The number of aromatic nitrogens is 3. The molecule has 1 amide bonds. The lowest BCUT2D eigenvalue weighted by Gasteiger charge is -2.33. The zero-order valence-corrected chi connectivity index (χ0v) is 19.3. The first-order valence-corrected chi connectivity index (χ1v) is 13.5. The van der Waals surface area contributed by atoms with E-state index < -0.39 is 9.84 Å². The normalized spacial score (nSPS) is 21.2. The number of rotatable bonds is 8. The lowest BCUT2D eigenvalue weighted by molar-refractivity contribution is -0.132. The molecule has 31 heavy (non-hydrogen) atoms. The smallest absolute Gasteiger partial charge is 0.233 e. The second kappa shape index (κ2) is 8.90. The van der Waals surface area contributed by atoms with Crippen LogP contribution in [-0.4, -0.2) is 63.3 Å². The summed E-state index contributed by atoms with van der Waals surface area (Å²) < 4.78 is 40.2. The number of nitrogens with zero attached hydrogens (tertiary/aromatic N) is 4. The molecule has 2 heterocycles. The lowest BCUT2D eigenvalue weighted by Crippen LogP contribution is -2.47. The summed E-state index contributed by atoms with van der Waals surface area (Å²) in [7, 11) is -3.09. The van der Waals surface area contributed by atoms with E-state index in [0.29, 0.717) is 23.0 Å². The first kappa shape index (κ1) is 22.3. The van der Waals surface area contributed by atoms with E-state index in [0.717, 1.165) is 19.3 Å². The summed E-state index contributed by atoms with van der Waals surface area (Å²) in [6.45, 7) is 3.95. The largest absolute Gasteiger partial charge is 0.335 e. The highest BCUT2D eigenvalue weighted by Crippen LogP contribution is 2.41. The molecule has 0 radical (unpaired) electrons. The van der Waals surface area contributed by atoms with Gasteiger partial charge in [-0.2, -0.15) is 0 Å². The molecule has 168 valence electrons. The highest BCUT2D eigenvalue weighted by molar-refractivity contribution is 7.99. The summed E-state index contributed by atoms with van der Waals surface area (Å²) in [6.07, 6.45) is 3.18. The van der Waals surface area contributed by atoms with E-state index >= 15 is 0 Å². The minimum absolute atomic E-state index is 0.0312. The van der Waals surface area contributed by atoms with Crippen LogP contribution in [0.5, 0.6) is 0 Å². The lowest BCUT2D eigenvalue weighted by atomic mass is 10.1. The van der Waals surface area contributed by atoms with Gasteiger partial charge >= 0.3 is 0 Å². The number of thioether (sulfide) groups is 1. The number of halogens is 1. The van der Waals surface area contributed by atoms with Gasteiger partial charge in [0.25, 0.3) is 0 Å². The Balaban J connectivity index is 1.53. The average molecular weight is 467 g/mol. The van der Waals surface area contributed by atoms with Crippen LogP contribution in [0.3, 0.4) is 0 Å². The van der Waals surface area contributed by atoms with Gasteiger partial charge in [-0.05, 0) is 44.7 Å². The van der Waals surface area contributed by atoms with Gasteiger partial charge in [-0.3, -0.25) is 9.36 Å². The van der Waals surface area contributed by atoms with Crippen molar-refractivity contribution < 1.29 is 17.6 Å². The van der Waals surface area contributed by atoms with Gasteiger partial charge in [0, 0.05) is 18.1 Å². The topological polar surface area (TPSA) is 85.2 Å². The van der Waals surface area contributed by atoms with Crippen molar-refractivity contribution in [3.8, 4) is 11.4 Å². The number of amides is 1. The molecule has 0 spiro atoms. The Hall–Kier alpha value is -1.94. The molecule has 2 aliphatic rings. The van der Waals surface area contributed by atoms with E-state index in [1.165, 1.54) is 17.8 Å². The first-order chi connectivity index (χ1) is 14.8. The van der Waals surface area contributed by atoms with Crippen molar-refractivity contribution in [2.45, 2.75) is 62.8 Å². The number of sulfone groups is 1. The zero-order valence-electron chi connectivity index (χ0n) is 17.7. The zero-order chi connectivity index (χ0) is 22.2. The van der Waals surface area contributed by atoms with E-state index in [9.17, 15) is 17.6 Å². The molecule has 1 aliphatic heterocycles. The predicted octanol–water partition coefficient (Wildman–Crippen LogP) is 3.33. The van der Waals surface area contributed by atoms with Gasteiger partial charge in [-0.1, -0.05) is 30.8 Å². The highest BCUT2D eigenvalue weighted by Gasteiger charge is 2.37. The Morgan fingerprint density at radius 2 is 2.03 bits per heavy atom. The van der Waals surface area contributed by atoms with Crippen LogP contribution in [0, 0.1) is 5.82 Å². The number of hydrogen-bond donors (Lipinski definition) is 0. The number of carbonyl (C=O) groups is 1. The van der Waals surface area contributed by atoms with Gasteiger partial charge < -0.3 is 4.90 Å². The molecule has 1 aromatic carbocycles. The standard InChI is InChI=1S/C21H27FN4O3S2/c1-3-14(2)25(16-10-11-31(28,29)13-16)19(27)12-30-21-24-23-20(26(21)15-8-9-15)17-6-4-5-7-18(17)22/h4-7,14-16H,3,8-13H2,1-2H3. The van der Waals surface area contributed by atoms with Crippen LogP contribution < -0.4 is 0 Å². The van der Waals surface area contributed by atoms with Crippen LogP contribution in [0.25, 0.3) is 11.4 Å². The second-order valence-corrected chi connectivity index (χ2v) is 11.5. The maximum absolute atomic E-state index is 14.3. The molecule has 1 aliphatic carbocycles. The van der Waals surface area contributed by atoms with Crippen molar-refractivity contribution in [3.05, 3.63) is 30.1 Å². The third-order valence-electron chi connectivity index (χ3n) is 5.97. The SMILES string of the molecule is CCC(C)N(C(=O)CSc1nnc(-c2ccccc2F)n1C1CC1)C1CCS(=O)(=O)C1. The summed E-state index contributed by atoms with van der Waals surface area (Å²) in [4.78, 5) is 14.9. The molecular weight excluding hydrogens is 439 g/mol. The van der Waals surface area contributed by atoms with Gasteiger partial charge in [0.1, 0.15) is 5.82 Å². The molecule has 2 fully saturated rings. The minimum Gasteiger partial charge on any atom is -0.335 e. The summed E-state index contributed by atoms with van der Waals surface area (Å²) in [5, 5.41) is 9.08. The highest BCUT2D eigenvalue weighted by atomic mass is 32.2. The summed E-state index contributed by atoms with van der Waals surface area (Å²) >= 11 is 1.29. The third kappa shape index (κ3) is 4.79. The van der Waals surface area contributed by atoms with Crippen LogP contribution in [0.15, 0.2) is 29.4 Å². The Kier molecular flexibility index (Phi) is 6.39. The summed E-state index contributed by atoms with van der Waals surface area (Å²) in [5.41, 5.74) is 0.400. The Morgan fingerprint density at radius 3 is 2.65 bits per heavy atom. The van der Waals surface area contributed by atoms with Crippen molar-refractivity contribution in [1.29, 1.82) is 0 Å². The third-order valence-corrected chi connectivity index (χ3v) is 8.65. The van der Waals surface area contributed by atoms with Crippen molar-refractivity contribution in [2.75, 3.05) is 17.3 Å². The van der Waals surface area contributed by atoms with Crippen molar-refractivity contribution in [1.82, 2.24) is 19.7 Å². The maximum atomic E-state index is 14.3. The van der Waals surface area contributed by atoms with Gasteiger partial charge in [-0.15, -0.1) is 10.2 Å². The second-order valence-electron chi connectivity index (χ2n) is 8.29. The maximum Gasteiger partial charge on any atom is 0.233 e. The monoisotopic (exact) mass is 466 g/mol. The molecule has 2 unspecified atom stereocenters. The van der Waals surface area contributed by atoms with E-state index in [4.69, 9.17) is 0 Å². The minimum atomic E-state index is -3.09. The molecule has 1 saturated heterocycles. The van der Waals surface area contributed by atoms with Crippen LogP contribution in [0.2, 0.25) is 0 Å². The van der Waals surface area contributed by atoms with Gasteiger partial charge in [-0.25, -0.2) is 12.8 Å². The van der Waals surface area contributed by atoms with Crippen molar-refractivity contribution >= 4 is 27.5 Å². The van der Waals surface area contributed by atoms with Crippen molar-refractivity contribution in [3.63, 3.8) is 0 Å². The van der Waals surface area contributed by atoms with Crippen molar-refractivity contribution in [2.24, 2.45) is 0 Å². The van der Waals surface area contributed by atoms with Gasteiger partial charge in [0.05, 0.1) is 22.8 Å². The molecule has 1 saturated carbocycles. The van der Waals surface area contributed by atoms with E-state index in [1.54, 1.807) is 23.1 Å². The fourth-order valence-corrected chi connectivity index (χ4v) is 6.65. The van der Waals surface area contributed by atoms with Gasteiger partial charge in [0.2, 0.25) is 5.91 Å². The molecule has 7 nitrogen and oxygen atoms in total. The van der Waals surface area contributed by atoms with Crippen LogP contribution >= 0.6 is 11.8 Å². The molecule has 10 heteroatoms. The Labute approximate surface area is 186 Å². The first-order valence-electron chi connectivity index (χ1n) is 10.6. The molecular formula is C21H27FN4O3S2. The van der Waals surface area contributed by atoms with E-state index in [-0.39, 0.29) is 47.1 Å². The molecule has 1 aromatic heterocycles. The molecule has 0 bridgehead atoms. The Morgan fingerprint density at radius 1 is 1.29 bits per heavy atom. The quantitative estimate of drug-likeness (QED) is 0.555. The van der Waals surface area contributed by atoms with E-state index in [1.807, 2.05) is 18.4 Å². The molecule has 0 N–H and O–H groups in total. The van der Waals surface area contributed by atoms with Crippen LogP contribution in [0.1, 0.15) is 45.6 Å². The van der Waals surface area contributed by atoms with Crippen LogP contribution in [0.4, 0.5) is 4.39 Å². The van der Waals surface area contributed by atoms with Crippen LogP contribution in [-0.2, 0) is 14.6 Å². The predicted molar refractivity (Wildman–Crippen MR) is 118 cm³/mol. The number of benzene rings is 1. The molecule has 2 aromatic rings. The molecule has 4 rings (SSSR count). The molecule has 2 atom stereocenters. The fourth-order valence-electron chi connectivity index (χ4n) is 4.07. The number of hydrogen-bond acceptors (Lipinski definition) is 6.